The van der Waals surface area contributed by atoms with Crippen LogP contribution in [0.1, 0.15) is 10.4 Å². The lowest BCUT2D eigenvalue weighted by Crippen LogP contribution is -2.43. The van der Waals surface area contributed by atoms with Gasteiger partial charge < -0.3 is 10.1 Å². The summed E-state index contributed by atoms with van der Waals surface area (Å²) in [5, 5.41) is 2.66. The maximum atomic E-state index is 13.6. The van der Waals surface area contributed by atoms with Crippen LogP contribution in [-0.4, -0.2) is 57.7 Å². The first-order chi connectivity index (χ1) is 10.3. The fraction of sp³-hybridized carbons (Fsp3) is 0.500. The van der Waals surface area contributed by atoms with E-state index in [0.29, 0.717) is 0 Å². The molecule has 1 aliphatic rings. The highest BCUT2D eigenvalue weighted by Crippen LogP contribution is 2.18. The summed E-state index contributed by atoms with van der Waals surface area (Å²) in [5.41, 5.74) is -0.0661. The van der Waals surface area contributed by atoms with Gasteiger partial charge in [0.05, 0.1) is 30.6 Å². The lowest BCUT2D eigenvalue weighted by atomic mass is 10.1. The molecule has 22 heavy (non-hydrogen) atoms. The van der Waals surface area contributed by atoms with Crippen molar-refractivity contribution in [1.29, 1.82) is 0 Å². The molecular weight excluding hydrogens is 311 g/mol. The average molecular weight is 330 g/mol. The number of benzene rings is 1. The lowest BCUT2D eigenvalue weighted by molar-refractivity contribution is 0.0922. The largest absolute Gasteiger partial charge is 0.379 e. The van der Waals surface area contributed by atoms with Crippen molar-refractivity contribution in [3.8, 4) is 0 Å². The summed E-state index contributed by atoms with van der Waals surface area (Å²) in [4.78, 5) is 12.1. The molecule has 0 spiro atoms. The van der Waals surface area contributed by atoms with Gasteiger partial charge in [-0.1, -0.05) is 12.1 Å². The Hall–Kier alpha value is -1.51. The molecule has 1 aromatic rings. The van der Waals surface area contributed by atoms with E-state index in [1.165, 1.54) is 32.3 Å². The van der Waals surface area contributed by atoms with Crippen LogP contribution >= 0.6 is 0 Å². The number of hydrogen-bond acceptors (Lipinski definition) is 4. The van der Waals surface area contributed by atoms with Gasteiger partial charge >= 0.3 is 0 Å². The number of carbonyl (C=O) groups excluding carboxylic acids is 1. The van der Waals surface area contributed by atoms with Gasteiger partial charge in [0, 0.05) is 20.0 Å². The van der Waals surface area contributed by atoms with E-state index in [1.807, 2.05) is 0 Å². The molecule has 1 heterocycles. The van der Waals surface area contributed by atoms with Gasteiger partial charge in [-0.3, -0.25) is 4.79 Å². The molecule has 1 aromatic carbocycles. The first-order valence-electron chi connectivity index (χ1n) is 6.84. The Morgan fingerprint density at radius 1 is 1.36 bits per heavy atom. The Balaban J connectivity index is 2.06. The zero-order chi connectivity index (χ0) is 16.3. The molecule has 1 aliphatic heterocycles. The highest BCUT2D eigenvalue weighted by Gasteiger charge is 2.34. The van der Waals surface area contributed by atoms with Gasteiger partial charge in [0.1, 0.15) is 5.82 Å². The van der Waals surface area contributed by atoms with Crippen LogP contribution in [0, 0.1) is 11.7 Å². The van der Waals surface area contributed by atoms with Crippen molar-refractivity contribution in [3.63, 3.8) is 0 Å². The van der Waals surface area contributed by atoms with Crippen molar-refractivity contribution >= 4 is 15.9 Å². The van der Waals surface area contributed by atoms with E-state index < -0.39 is 27.8 Å². The molecule has 0 bridgehead atoms. The molecule has 8 heteroatoms. The predicted molar refractivity (Wildman–Crippen MR) is 79.4 cm³/mol. The van der Waals surface area contributed by atoms with E-state index in [0.717, 1.165) is 4.31 Å². The Labute approximate surface area is 129 Å². The number of ether oxygens (including phenoxy) is 1. The zero-order valence-corrected chi connectivity index (χ0v) is 13.3. The third-order valence-corrected chi connectivity index (χ3v) is 5.58. The van der Waals surface area contributed by atoms with Crippen LogP contribution in [0.15, 0.2) is 24.3 Å². The van der Waals surface area contributed by atoms with Crippen LogP contribution < -0.4 is 5.32 Å². The summed E-state index contributed by atoms with van der Waals surface area (Å²) < 4.78 is 43.9. The van der Waals surface area contributed by atoms with E-state index in [9.17, 15) is 17.6 Å². The zero-order valence-electron chi connectivity index (χ0n) is 12.5. The minimum absolute atomic E-state index is 0.0661. The van der Waals surface area contributed by atoms with Gasteiger partial charge in [0.15, 0.2) is 0 Å². The lowest BCUT2D eigenvalue weighted by Gasteiger charge is -2.21. The molecule has 1 saturated heterocycles. The Bertz CT molecular complexity index is 648. The van der Waals surface area contributed by atoms with Gasteiger partial charge in [0.25, 0.3) is 5.91 Å². The number of halogens is 1. The molecule has 6 nitrogen and oxygen atoms in total. The smallest absolute Gasteiger partial charge is 0.254 e. The molecule has 1 fully saturated rings. The molecule has 0 aliphatic carbocycles. The first-order valence-corrected chi connectivity index (χ1v) is 8.45. The van der Waals surface area contributed by atoms with Crippen molar-refractivity contribution in [2.24, 2.45) is 5.92 Å². The molecule has 0 aromatic heterocycles. The summed E-state index contributed by atoms with van der Waals surface area (Å²) in [6.07, 6.45) is 0. The maximum absolute atomic E-state index is 13.6. The molecule has 1 amide bonds. The van der Waals surface area contributed by atoms with Crippen molar-refractivity contribution in [3.05, 3.63) is 35.6 Å². The van der Waals surface area contributed by atoms with Crippen LogP contribution in [0.2, 0.25) is 0 Å². The van der Waals surface area contributed by atoms with Crippen LogP contribution in [0.25, 0.3) is 0 Å². The van der Waals surface area contributed by atoms with Gasteiger partial charge in [-0.15, -0.1) is 0 Å². The topological polar surface area (TPSA) is 75.7 Å². The number of hydrogen-bond donors (Lipinski definition) is 1. The van der Waals surface area contributed by atoms with Crippen molar-refractivity contribution in [2.75, 3.05) is 33.1 Å². The van der Waals surface area contributed by atoms with Gasteiger partial charge in [-0.05, 0) is 12.1 Å². The summed E-state index contributed by atoms with van der Waals surface area (Å²) in [5.74, 6) is -1.66. The second kappa shape index (κ2) is 6.72. The number of carbonyl (C=O) groups is 1. The summed E-state index contributed by atoms with van der Waals surface area (Å²) in [7, 11) is -0.482. The van der Waals surface area contributed by atoms with E-state index in [4.69, 9.17) is 4.74 Å². The van der Waals surface area contributed by atoms with Crippen LogP contribution in [0.4, 0.5) is 4.39 Å². The van der Waals surface area contributed by atoms with E-state index in [2.05, 4.69) is 5.32 Å². The molecule has 2 rings (SSSR count). The summed E-state index contributed by atoms with van der Waals surface area (Å²) in [6.45, 7) is 0.461. The number of sulfonamides is 1. The second-order valence-corrected chi connectivity index (χ2v) is 7.65. The van der Waals surface area contributed by atoms with E-state index >= 15 is 0 Å². The fourth-order valence-electron chi connectivity index (χ4n) is 2.23. The van der Waals surface area contributed by atoms with Crippen LogP contribution in [-0.2, 0) is 14.8 Å². The maximum Gasteiger partial charge on any atom is 0.254 e. The Morgan fingerprint density at radius 2 is 2.05 bits per heavy atom. The Kier molecular flexibility index (Phi) is 5.15. The van der Waals surface area contributed by atoms with Crippen LogP contribution in [0.5, 0.6) is 0 Å². The normalized spacial score (nSPS) is 22.0. The quantitative estimate of drug-likeness (QED) is 0.851. The molecule has 0 saturated carbocycles. The first kappa shape index (κ1) is 16.9. The van der Waals surface area contributed by atoms with E-state index in [1.54, 1.807) is 6.07 Å². The third-order valence-electron chi connectivity index (χ3n) is 3.61. The molecule has 0 unspecified atom stereocenters. The van der Waals surface area contributed by atoms with Gasteiger partial charge in [-0.25, -0.2) is 17.1 Å². The van der Waals surface area contributed by atoms with E-state index in [-0.39, 0.29) is 30.4 Å². The monoisotopic (exact) mass is 330 g/mol. The minimum Gasteiger partial charge on any atom is -0.379 e. The molecule has 1 N–H and O–H groups in total. The predicted octanol–water partition coefficient (Wildman–Crippen LogP) is 0.462. The van der Waals surface area contributed by atoms with Crippen LogP contribution in [0.3, 0.4) is 0 Å². The number of rotatable bonds is 5. The van der Waals surface area contributed by atoms with Gasteiger partial charge in [0.2, 0.25) is 10.0 Å². The van der Waals surface area contributed by atoms with Crippen molar-refractivity contribution < 1.29 is 22.3 Å². The molecular formula is C14H19FN2O4S. The standard InChI is InChI=1S/C14H19FN2O4S/c1-17(2)22(19,20)9-10-7-21-8-13(10)16-14(18)11-5-3-4-6-12(11)15/h3-6,10,13H,7-9H2,1-2H3,(H,16,18)/t10-,13-/m0/s1. The molecule has 122 valence electrons. The molecule has 2 atom stereocenters. The second-order valence-electron chi connectivity index (χ2n) is 5.42. The summed E-state index contributed by atoms with van der Waals surface area (Å²) in [6, 6.07) is 5.19. The van der Waals surface area contributed by atoms with Gasteiger partial charge in [-0.2, -0.15) is 0 Å². The third kappa shape index (κ3) is 3.82. The number of nitrogens with zero attached hydrogens (tertiary/aromatic N) is 1. The number of amides is 1. The van der Waals surface area contributed by atoms with Crippen molar-refractivity contribution in [1.82, 2.24) is 9.62 Å². The van der Waals surface area contributed by atoms with Crippen molar-refractivity contribution in [2.45, 2.75) is 6.04 Å². The Morgan fingerprint density at radius 3 is 2.68 bits per heavy atom. The number of nitrogens with one attached hydrogen (secondary N) is 1. The summed E-state index contributed by atoms with van der Waals surface area (Å²) >= 11 is 0. The SMILES string of the molecule is CN(C)S(=O)(=O)C[C@@H]1COC[C@@H]1NC(=O)c1ccccc1F. The molecule has 0 radical (unpaired) electrons. The minimum atomic E-state index is -3.40. The highest BCUT2D eigenvalue weighted by molar-refractivity contribution is 7.89. The fourth-order valence-corrected chi connectivity index (χ4v) is 3.40. The average Bonchev–Trinajstić information content (AvgIpc) is 2.85. The highest BCUT2D eigenvalue weighted by atomic mass is 32.2.